The van der Waals surface area contributed by atoms with Crippen LogP contribution >= 0.6 is 27.3 Å². The summed E-state index contributed by atoms with van der Waals surface area (Å²) >= 11 is 4.92. The second-order valence-corrected chi connectivity index (χ2v) is 6.83. The van der Waals surface area contributed by atoms with E-state index in [4.69, 9.17) is 0 Å². The van der Waals surface area contributed by atoms with E-state index in [-0.39, 0.29) is 5.91 Å². The molecule has 118 valence electrons. The lowest BCUT2D eigenvalue weighted by Gasteiger charge is -2.02. The third-order valence-electron chi connectivity index (χ3n) is 3.46. The predicted molar refractivity (Wildman–Crippen MR) is 97.2 cm³/mol. The lowest BCUT2D eigenvalue weighted by Crippen LogP contribution is -2.17. The molecule has 0 saturated carbocycles. The number of rotatable bonds is 4. The molecule has 1 aromatic carbocycles. The lowest BCUT2D eigenvalue weighted by atomic mass is 10.2. The number of nitrogens with zero attached hydrogens (tertiary/aromatic N) is 3. The average molecular weight is 391 g/mol. The minimum atomic E-state index is -0.248. The summed E-state index contributed by atoms with van der Waals surface area (Å²) in [5, 5.41) is 5.95. The number of carbonyl (C=O) groups is 1. The lowest BCUT2D eigenvalue weighted by molar-refractivity contribution is 0.0955. The molecule has 0 saturated heterocycles. The predicted octanol–water partition coefficient (Wildman–Crippen LogP) is 3.95. The van der Waals surface area contributed by atoms with Gasteiger partial charge in [0.25, 0.3) is 5.91 Å². The van der Waals surface area contributed by atoms with Gasteiger partial charge >= 0.3 is 0 Å². The molecule has 1 N–H and O–H groups in total. The van der Waals surface area contributed by atoms with Crippen molar-refractivity contribution in [2.45, 2.75) is 20.4 Å². The van der Waals surface area contributed by atoms with Gasteiger partial charge in [-0.25, -0.2) is 10.4 Å². The Labute approximate surface area is 146 Å². The Morgan fingerprint density at radius 3 is 3.00 bits per heavy atom. The van der Waals surface area contributed by atoms with Crippen molar-refractivity contribution in [2.75, 3.05) is 0 Å². The molecule has 23 heavy (non-hydrogen) atoms. The van der Waals surface area contributed by atoms with E-state index in [2.05, 4.69) is 42.9 Å². The van der Waals surface area contributed by atoms with Crippen molar-refractivity contribution in [3.05, 3.63) is 50.4 Å². The number of hydrazone groups is 1. The summed E-state index contributed by atoms with van der Waals surface area (Å²) in [6, 6.07) is 7.45. The van der Waals surface area contributed by atoms with Crippen LogP contribution in [0.1, 0.15) is 28.0 Å². The minimum Gasteiger partial charge on any atom is -0.329 e. The Kier molecular flexibility index (Phi) is 4.58. The summed E-state index contributed by atoms with van der Waals surface area (Å²) in [7, 11) is 0. The molecular formula is C16H15BrN4OS. The molecule has 3 rings (SSSR count). The van der Waals surface area contributed by atoms with Crippen molar-refractivity contribution in [3.8, 4) is 0 Å². The van der Waals surface area contributed by atoms with E-state index >= 15 is 0 Å². The third kappa shape index (κ3) is 3.35. The highest BCUT2D eigenvalue weighted by atomic mass is 79.9. The molecule has 0 unspecified atom stereocenters. The topological polar surface area (TPSA) is 59.3 Å². The zero-order valence-electron chi connectivity index (χ0n) is 12.7. The molecular weight excluding hydrogens is 376 g/mol. The molecule has 0 radical (unpaired) electrons. The summed E-state index contributed by atoms with van der Waals surface area (Å²) in [5.74, 6) is 0.698. The van der Waals surface area contributed by atoms with Crippen LogP contribution in [0.2, 0.25) is 0 Å². The molecule has 0 atom stereocenters. The van der Waals surface area contributed by atoms with E-state index in [1.54, 1.807) is 29.7 Å². The van der Waals surface area contributed by atoms with Crippen LogP contribution < -0.4 is 5.43 Å². The number of amides is 1. The van der Waals surface area contributed by atoms with E-state index in [1.165, 1.54) is 0 Å². The maximum Gasteiger partial charge on any atom is 0.271 e. The second kappa shape index (κ2) is 6.64. The van der Waals surface area contributed by atoms with Crippen LogP contribution in [0.4, 0.5) is 0 Å². The zero-order chi connectivity index (χ0) is 16.4. The molecule has 7 heteroatoms. The summed E-state index contributed by atoms with van der Waals surface area (Å²) in [4.78, 5) is 17.6. The number of halogens is 1. The van der Waals surface area contributed by atoms with Crippen molar-refractivity contribution in [3.63, 3.8) is 0 Å². The van der Waals surface area contributed by atoms with Crippen molar-refractivity contribution < 1.29 is 4.79 Å². The maximum atomic E-state index is 12.2. The number of carbonyl (C=O) groups excluding carboxylic acids is 1. The molecule has 5 nitrogen and oxygen atoms in total. The molecule has 0 aliphatic rings. The smallest absolute Gasteiger partial charge is 0.271 e. The quantitative estimate of drug-likeness (QED) is 0.541. The molecule has 2 aromatic heterocycles. The summed E-state index contributed by atoms with van der Waals surface area (Å²) in [6.07, 6.45) is 1.63. The fourth-order valence-corrected chi connectivity index (χ4v) is 3.71. The van der Waals surface area contributed by atoms with Gasteiger partial charge in [0, 0.05) is 26.8 Å². The third-order valence-corrected chi connectivity index (χ3v) is 5.09. The van der Waals surface area contributed by atoms with Crippen LogP contribution in [0, 0.1) is 6.92 Å². The Hall–Kier alpha value is -1.99. The van der Waals surface area contributed by atoms with Crippen LogP contribution in [0.3, 0.4) is 0 Å². The van der Waals surface area contributed by atoms with Crippen LogP contribution in [-0.2, 0) is 6.54 Å². The van der Waals surface area contributed by atoms with Gasteiger partial charge in [0.1, 0.15) is 5.82 Å². The summed E-state index contributed by atoms with van der Waals surface area (Å²) in [5.41, 5.74) is 4.95. The first-order valence-electron chi connectivity index (χ1n) is 7.13. The number of hydrogen-bond donors (Lipinski definition) is 1. The zero-order valence-corrected chi connectivity index (χ0v) is 15.1. The Balaban J connectivity index is 1.77. The van der Waals surface area contributed by atoms with Gasteiger partial charge in [0.15, 0.2) is 0 Å². The number of benzene rings is 1. The number of thiophene rings is 1. The van der Waals surface area contributed by atoms with E-state index in [0.717, 1.165) is 32.8 Å². The van der Waals surface area contributed by atoms with Gasteiger partial charge in [0.2, 0.25) is 0 Å². The highest BCUT2D eigenvalue weighted by Gasteiger charge is 2.10. The largest absolute Gasteiger partial charge is 0.329 e. The van der Waals surface area contributed by atoms with Gasteiger partial charge in [-0.15, -0.1) is 11.3 Å². The van der Waals surface area contributed by atoms with Gasteiger partial charge in [-0.2, -0.15) is 5.10 Å². The number of imidazole rings is 1. The maximum absolute atomic E-state index is 12.2. The molecule has 0 aliphatic carbocycles. The molecule has 1 amide bonds. The van der Waals surface area contributed by atoms with E-state index in [9.17, 15) is 4.79 Å². The van der Waals surface area contributed by atoms with Crippen molar-refractivity contribution in [1.82, 2.24) is 15.0 Å². The van der Waals surface area contributed by atoms with E-state index in [1.807, 2.05) is 24.4 Å². The van der Waals surface area contributed by atoms with Crippen molar-refractivity contribution >= 4 is 50.4 Å². The number of hydrogen-bond acceptors (Lipinski definition) is 4. The number of nitrogens with one attached hydrogen (secondary N) is 1. The number of aryl methyl sites for hydroxylation is 2. The Morgan fingerprint density at radius 2 is 2.30 bits per heavy atom. The molecule has 2 heterocycles. The van der Waals surface area contributed by atoms with Gasteiger partial charge in [-0.05, 0) is 54.0 Å². The fraction of sp³-hybridized carbons (Fsp3) is 0.188. The molecule has 0 aliphatic heterocycles. The minimum absolute atomic E-state index is 0.248. The molecule has 3 aromatic rings. The SMILES string of the molecule is CCn1c(C)nc2cc(C(=O)N/N=C\c3cc(Br)cs3)ccc21. The van der Waals surface area contributed by atoms with Crippen molar-refractivity contribution in [1.29, 1.82) is 0 Å². The first kappa shape index (κ1) is 15.9. The fourth-order valence-electron chi connectivity index (χ4n) is 2.41. The summed E-state index contributed by atoms with van der Waals surface area (Å²) in [6.45, 7) is 4.90. The van der Waals surface area contributed by atoms with Crippen molar-refractivity contribution in [2.24, 2.45) is 5.10 Å². The molecule has 0 fully saturated rings. The van der Waals surface area contributed by atoms with Gasteiger partial charge in [-0.3, -0.25) is 4.79 Å². The number of aromatic nitrogens is 2. The monoisotopic (exact) mass is 390 g/mol. The van der Waals surface area contributed by atoms with Crippen LogP contribution in [0.25, 0.3) is 11.0 Å². The highest BCUT2D eigenvalue weighted by Crippen LogP contribution is 2.19. The second-order valence-electron chi connectivity index (χ2n) is 4.97. The standard InChI is InChI=1S/C16H15BrN4OS/c1-3-21-10(2)19-14-6-11(4-5-15(14)21)16(22)20-18-8-13-7-12(17)9-23-13/h4-9H,3H2,1-2H3,(H,20,22)/b18-8-. The molecule has 0 spiro atoms. The average Bonchev–Trinajstić information content (AvgIpc) is 3.08. The van der Waals surface area contributed by atoms with Crippen LogP contribution in [-0.4, -0.2) is 21.7 Å². The molecule has 0 bridgehead atoms. The number of fused-ring (bicyclic) bond motifs is 1. The van der Waals surface area contributed by atoms with Crippen LogP contribution in [0.5, 0.6) is 0 Å². The highest BCUT2D eigenvalue weighted by molar-refractivity contribution is 9.10. The van der Waals surface area contributed by atoms with Gasteiger partial charge in [-0.1, -0.05) is 0 Å². The van der Waals surface area contributed by atoms with E-state index in [0.29, 0.717) is 5.56 Å². The summed E-state index contributed by atoms with van der Waals surface area (Å²) < 4.78 is 3.12. The first-order valence-corrected chi connectivity index (χ1v) is 8.80. The Bertz CT molecular complexity index is 897. The van der Waals surface area contributed by atoms with Crippen LogP contribution in [0.15, 0.2) is 39.2 Å². The van der Waals surface area contributed by atoms with Gasteiger partial charge in [0.05, 0.1) is 17.2 Å². The Morgan fingerprint density at radius 1 is 1.48 bits per heavy atom. The normalized spacial score (nSPS) is 11.4. The van der Waals surface area contributed by atoms with Gasteiger partial charge < -0.3 is 4.57 Å². The first-order chi connectivity index (χ1) is 11.1. The van der Waals surface area contributed by atoms with E-state index < -0.39 is 0 Å².